The highest BCUT2D eigenvalue weighted by atomic mass is 35.5. The summed E-state index contributed by atoms with van der Waals surface area (Å²) in [6, 6.07) is 16.4. The minimum atomic E-state index is -0.483. The molecule has 8 heteroatoms. The van der Waals surface area contributed by atoms with Crippen molar-refractivity contribution in [1.82, 2.24) is 25.1 Å². The number of aromatic nitrogens is 4. The number of rotatable bonds is 7. The first kappa shape index (κ1) is 20.9. The van der Waals surface area contributed by atoms with Crippen LogP contribution in [0.5, 0.6) is 0 Å². The van der Waals surface area contributed by atoms with Gasteiger partial charge in [0.2, 0.25) is 5.91 Å². The van der Waals surface area contributed by atoms with Crippen LogP contribution in [0.25, 0.3) is 16.9 Å². The Hall–Kier alpha value is -3.32. The minimum absolute atomic E-state index is 0.0351. The van der Waals surface area contributed by atoms with Crippen LogP contribution in [0.3, 0.4) is 0 Å². The molecule has 0 unspecified atom stereocenters. The fourth-order valence-electron chi connectivity index (χ4n) is 3.22. The molecule has 6 nitrogen and oxygen atoms in total. The third kappa shape index (κ3) is 4.88. The predicted octanol–water partition coefficient (Wildman–Crippen LogP) is 4.40. The van der Waals surface area contributed by atoms with Gasteiger partial charge in [-0.3, -0.25) is 4.79 Å². The average Bonchev–Trinajstić information content (AvgIpc) is 3.20. The number of carbonyl (C=O) groups excluding carboxylic acids is 1. The van der Waals surface area contributed by atoms with E-state index in [1.54, 1.807) is 10.6 Å². The monoisotopic (exact) mass is 437 g/mol. The smallest absolute Gasteiger partial charge is 0.220 e. The molecule has 158 valence electrons. The van der Waals surface area contributed by atoms with Crippen LogP contribution in [0.1, 0.15) is 30.3 Å². The van der Waals surface area contributed by atoms with Gasteiger partial charge in [0.25, 0.3) is 0 Å². The van der Waals surface area contributed by atoms with E-state index < -0.39 is 5.82 Å². The maximum absolute atomic E-state index is 13.2. The van der Waals surface area contributed by atoms with Crippen LogP contribution in [0.15, 0.2) is 54.6 Å². The van der Waals surface area contributed by atoms with Crippen LogP contribution in [0.2, 0.25) is 5.02 Å². The molecule has 0 atom stereocenters. The standard InChI is InChI=1S/C23H21ClFN5O/c1-2-15-3-6-17(7-4-15)20-9-10-21-27-28-22(30(21)29-20)11-12-23(31)26-14-16-5-8-19(25)18(24)13-16/h3-10,13H,2,11-12,14H2,1H3,(H,26,31). The molecule has 2 aromatic carbocycles. The molecule has 0 fully saturated rings. The van der Waals surface area contributed by atoms with E-state index in [9.17, 15) is 9.18 Å². The third-order valence-electron chi connectivity index (χ3n) is 5.03. The number of aryl methyl sites for hydroxylation is 2. The van der Waals surface area contributed by atoms with Crippen LogP contribution >= 0.6 is 11.6 Å². The molecular formula is C23H21ClFN5O. The summed E-state index contributed by atoms with van der Waals surface area (Å²) in [5.74, 6) is -0.0193. The molecule has 2 aromatic heterocycles. The average molecular weight is 438 g/mol. The Balaban J connectivity index is 1.41. The first-order chi connectivity index (χ1) is 15.0. The van der Waals surface area contributed by atoms with Gasteiger partial charge in [0.05, 0.1) is 10.7 Å². The molecule has 4 aromatic rings. The van der Waals surface area contributed by atoms with E-state index in [1.165, 1.54) is 17.7 Å². The first-order valence-electron chi connectivity index (χ1n) is 10.0. The van der Waals surface area contributed by atoms with Crippen molar-refractivity contribution in [2.24, 2.45) is 0 Å². The van der Waals surface area contributed by atoms with Gasteiger partial charge in [-0.2, -0.15) is 9.61 Å². The van der Waals surface area contributed by atoms with Crippen molar-refractivity contribution >= 4 is 23.2 Å². The molecule has 1 N–H and O–H groups in total. The zero-order valence-corrected chi connectivity index (χ0v) is 17.7. The van der Waals surface area contributed by atoms with Crippen LogP contribution < -0.4 is 5.32 Å². The summed E-state index contributed by atoms with van der Waals surface area (Å²) in [6.07, 6.45) is 1.60. The fraction of sp³-hybridized carbons (Fsp3) is 0.217. The lowest BCUT2D eigenvalue weighted by molar-refractivity contribution is -0.121. The number of amides is 1. The van der Waals surface area contributed by atoms with Gasteiger partial charge in [-0.15, -0.1) is 10.2 Å². The topological polar surface area (TPSA) is 72.2 Å². The molecule has 31 heavy (non-hydrogen) atoms. The van der Waals surface area contributed by atoms with Gasteiger partial charge < -0.3 is 5.32 Å². The van der Waals surface area contributed by atoms with Crippen molar-refractivity contribution < 1.29 is 9.18 Å². The van der Waals surface area contributed by atoms with Gasteiger partial charge in [-0.1, -0.05) is 48.9 Å². The summed E-state index contributed by atoms with van der Waals surface area (Å²) >= 11 is 5.77. The summed E-state index contributed by atoms with van der Waals surface area (Å²) < 4.78 is 14.9. The highest BCUT2D eigenvalue weighted by Crippen LogP contribution is 2.19. The van der Waals surface area contributed by atoms with Crippen molar-refractivity contribution in [2.75, 3.05) is 0 Å². The Morgan fingerprint density at radius 2 is 1.84 bits per heavy atom. The first-order valence-corrected chi connectivity index (χ1v) is 10.4. The largest absolute Gasteiger partial charge is 0.352 e. The summed E-state index contributed by atoms with van der Waals surface area (Å²) in [5.41, 5.74) is 4.45. The molecular weight excluding hydrogens is 417 g/mol. The molecule has 2 heterocycles. The van der Waals surface area contributed by atoms with E-state index in [0.29, 0.717) is 17.9 Å². The van der Waals surface area contributed by atoms with E-state index in [4.69, 9.17) is 11.6 Å². The number of fused-ring (bicyclic) bond motifs is 1. The van der Waals surface area contributed by atoms with Gasteiger partial charge >= 0.3 is 0 Å². The number of hydrogen-bond donors (Lipinski definition) is 1. The SMILES string of the molecule is CCc1ccc(-c2ccc3nnc(CCC(=O)NCc4ccc(F)c(Cl)c4)n3n2)cc1. The second-order valence-corrected chi connectivity index (χ2v) is 7.59. The van der Waals surface area contributed by atoms with E-state index in [-0.39, 0.29) is 23.9 Å². The second kappa shape index (κ2) is 9.22. The second-order valence-electron chi connectivity index (χ2n) is 7.18. The maximum Gasteiger partial charge on any atom is 0.220 e. The minimum Gasteiger partial charge on any atom is -0.352 e. The number of nitrogens with one attached hydrogen (secondary N) is 1. The summed E-state index contributed by atoms with van der Waals surface area (Å²) in [7, 11) is 0. The van der Waals surface area contributed by atoms with Crippen LogP contribution in [-0.2, 0) is 24.2 Å². The number of halogens is 2. The van der Waals surface area contributed by atoms with E-state index in [0.717, 1.165) is 23.2 Å². The van der Waals surface area contributed by atoms with Crippen molar-refractivity contribution in [2.45, 2.75) is 32.7 Å². The van der Waals surface area contributed by atoms with E-state index in [1.807, 2.05) is 24.3 Å². The number of benzene rings is 2. The Labute approximate surface area is 184 Å². The third-order valence-corrected chi connectivity index (χ3v) is 5.32. The van der Waals surface area contributed by atoms with Crippen molar-refractivity contribution in [1.29, 1.82) is 0 Å². The predicted molar refractivity (Wildman–Crippen MR) is 117 cm³/mol. The number of nitrogens with zero attached hydrogens (tertiary/aromatic N) is 4. The quantitative estimate of drug-likeness (QED) is 0.465. The zero-order chi connectivity index (χ0) is 21.8. The Morgan fingerprint density at radius 3 is 2.58 bits per heavy atom. The molecule has 0 aliphatic carbocycles. The molecule has 0 spiro atoms. The summed E-state index contributed by atoms with van der Waals surface area (Å²) in [6.45, 7) is 2.39. The van der Waals surface area contributed by atoms with Crippen LogP contribution in [0.4, 0.5) is 4.39 Å². The zero-order valence-electron chi connectivity index (χ0n) is 17.0. The molecule has 0 saturated heterocycles. The molecule has 0 saturated carbocycles. The van der Waals surface area contributed by atoms with Gasteiger partial charge in [0.15, 0.2) is 11.5 Å². The fourth-order valence-corrected chi connectivity index (χ4v) is 3.42. The van der Waals surface area contributed by atoms with Gasteiger partial charge in [0.1, 0.15) is 5.82 Å². The van der Waals surface area contributed by atoms with E-state index in [2.05, 4.69) is 39.7 Å². The Bertz CT molecular complexity index is 1220. The van der Waals surface area contributed by atoms with Gasteiger partial charge in [-0.25, -0.2) is 4.39 Å². The number of hydrogen-bond acceptors (Lipinski definition) is 4. The summed E-state index contributed by atoms with van der Waals surface area (Å²) in [5, 5.41) is 15.8. The molecule has 4 rings (SSSR count). The highest BCUT2D eigenvalue weighted by Gasteiger charge is 2.11. The Kier molecular flexibility index (Phi) is 6.23. The summed E-state index contributed by atoms with van der Waals surface area (Å²) in [4.78, 5) is 12.3. The lowest BCUT2D eigenvalue weighted by atomic mass is 10.1. The van der Waals surface area contributed by atoms with Crippen LogP contribution in [0, 0.1) is 5.82 Å². The van der Waals surface area contributed by atoms with Crippen molar-refractivity contribution in [3.63, 3.8) is 0 Å². The van der Waals surface area contributed by atoms with Gasteiger partial charge in [-0.05, 0) is 41.8 Å². The lowest BCUT2D eigenvalue weighted by Gasteiger charge is -2.06. The Morgan fingerprint density at radius 1 is 1.06 bits per heavy atom. The van der Waals surface area contributed by atoms with Gasteiger partial charge in [0, 0.05) is 24.9 Å². The lowest BCUT2D eigenvalue weighted by Crippen LogP contribution is -2.23. The molecule has 0 aliphatic heterocycles. The molecule has 0 bridgehead atoms. The molecule has 0 radical (unpaired) electrons. The molecule has 1 amide bonds. The maximum atomic E-state index is 13.2. The van der Waals surface area contributed by atoms with Crippen molar-refractivity contribution in [3.05, 3.63) is 82.4 Å². The van der Waals surface area contributed by atoms with Crippen molar-refractivity contribution in [3.8, 4) is 11.3 Å². The normalized spacial score (nSPS) is 11.1. The molecule has 0 aliphatic rings. The highest BCUT2D eigenvalue weighted by molar-refractivity contribution is 6.30. The van der Waals surface area contributed by atoms with E-state index >= 15 is 0 Å². The number of carbonyl (C=O) groups is 1. The van der Waals surface area contributed by atoms with Crippen LogP contribution in [-0.4, -0.2) is 25.7 Å².